The molecule has 0 amide bonds. The number of pyridine rings is 1. The fourth-order valence-electron chi connectivity index (χ4n) is 2.03. The van der Waals surface area contributed by atoms with Crippen molar-refractivity contribution in [3.05, 3.63) is 30.1 Å². The predicted octanol–water partition coefficient (Wildman–Crippen LogP) is 1.44. The fraction of sp³-hybridized carbons (Fsp3) is 0.667. The van der Waals surface area contributed by atoms with Gasteiger partial charge in [-0.05, 0) is 45.0 Å². The molecular formula is C15H27N3O. The number of rotatable bonds is 9. The van der Waals surface area contributed by atoms with Gasteiger partial charge in [0.2, 0.25) is 0 Å². The van der Waals surface area contributed by atoms with E-state index in [0.29, 0.717) is 0 Å². The van der Waals surface area contributed by atoms with Crippen molar-refractivity contribution in [2.24, 2.45) is 5.73 Å². The number of hydrogen-bond donors (Lipinski definition) is 2. The summed E-state index contributed by atoms with van der Waals surface area (Å²) >= 11 is 0. The zero-order chi connectivity index (χ0) is 14.1. The van der Waals surface area contributed by atoms with Gasteiger partial charge in [-0.25, -0.2) is 0 Å². The van der Waals surface area contributed by atoms with Crippen molar-refractivity contribution in [2.45, 2.75) is 38.1 Å². The van der Waals surface area contributed by atoms with Crippen LogP contribution in [0.15, 0.2) is 24.4 Å². The third kappa shape index (κ3) is 6.14. The average molecular weight is 265 g/mol. The lowest BCUT2D eigenvalue weighted by molar-refractivity contribution is 0.175. The van der Waals surface area contributed by atoms with Gasteiger partial charge in [-0.2, -0.15) is 0 Å². The smallest absolute Gasteiger partial charge is 0.0611 e. The van der Waals surface area contributed by atoms with Gasteiger partial charge in [-0.15, -0.1) is 0 Å². The Morgan fingerprint density at radius 1 is 1.37 bits per heavy atom. The van der Waals surface area contributed by atoms with E-state index in [1.165, 1.54) is 0 Å². The first-order valence-electron chi connectivity index (χ1n) is 7.08. The van der Waals surface area contributed by atoms with Crippen molar-refractivity contribution >= 4 is 0 Å². The molecule has 3 N–H and O–H groups in total. The summed E-state index contributed by atoms with van der Waals surface area (Å²) in [5, 5.41) is 9.26. The van der Waals surface area contributed by atoms with Crippen LogP contribution < -0.4 is 5.73 Å². The van der Waals surface area contributed by atoms with Crippen LogP contribution >= 0.6 is 0 Å². The quantitative estimate of drug-likeness (QED) is 0.709. The normalized spacial score (nSPS) is 14.6. The SMILES string of the molecule is CCC(N)(CO)CCCN(C)CCc1ccccn1. The number of aliphatic hydroxyl groups excluding tert-OH is 1. The molecule has 1 unspecified atom stereocenters. The lowest BCUT2D eigenvalue weighted by atomic mass is 9.92. The first-order chi connectivity index (χ1) is 9.09. The highest BCUT2D eigenvalue weighted by molar-refractivity contribution is 5.03. The molecular weight excluding hydrogens is 238 g/mol. The minimum absolute atomic E-state index is 0.0706. The lowest BCUT2D eigenvalue weighted by Gasteiger charge is -2.26. The molecule has 1 aromatic heterocycles. The summed E-state index contributed by atoms with van der Waals surface area (Å²) in [7, 11) is 2.12. The molecule has 1 rings (SSSR count). The first-order valence-corrected chi connectivity index (χ1v) is 7.08. The monoisotopic (exact) mass is 265 g/mol. The molecule has 0 spiro atoms. The molecule has 19 heavy (non-hydrogen) atoms. The Bertz CT molecular complexity index is 339. The Kier molecular flexibility index (Phi) is 6.99. The number of hydrogen-bond acceptors (Lipinski definition) is 4. The van der Waals surface area contributed by atoms with E-state index in [9.17, 15) is 5.11 Å². The van der Waals surface area contributed by atoms with Gasteiger partial charge < -0.3 is 15.7 Å². The van der Waals surface area contributed by atoms with Crippen LogP contribution in [0, 0.1) is 0 Å². The van der Waals surface area contributed by atoms with E-state index in [2.05, 4.69) is 23.0 Å². The molecule has 4 heteroatoms. The van der Waals surface area contributed by atoms with E-state index in [1.807, 2.05) is 25.3 Å². The minimum Gasteiger partial charge on any atom is -0.394 e. The molecule has 0 bridgehead atoms. The van der Waals surface area contributed by atoms with E-state index in [0.717, 1.165) is 44.5 Å². The molecule has 0 fully saturated rings. The summed E-state index contributed by atoms with van der Waals surface area (Å²) in [4.78, 5) is 6.61. The summed E-state index contributed by atoms with van der Waals surface area (Å²) in [6, 6.07) is 6.02. The number of aromatic nitrogens is 1. The van der Waals surface area contributed by atoms with Crippen molar-refractivity contribution in [2.75, 3.05) is 26.7 Å². The largest absolute Gasteiger partial charge is 0.394 e. The van der Waals surface area contributed by atoms with Crippen LogP contribution in [0.5, 0.6) is 0 Å². The van der Waals surface area contributed by atoms with Crippen LogP contribution in [0.3, 0.4) is 0 Å². The Morgan fingerprint density at radius 3 is 2.74 bits per heavy atom. The molecule has 1 heterocycles. The zero-order valence-electron chi connectivity index (χ0n) is 12.2. The van der Waals surface area contributed by atoms with Crippen molar-refractivity contribution in [3.63, 3.8) is 0 Å². The van der Waals surface area contributed by atoms with Gasteiger partial charge in [0.05, 0.1) is 6.61 Å². The van der Waals surface area contributed by atoms with Crippen LogP contribution in [0.2, 0.25) is 0 Å². The van der Waals surface area contributed by atoms with Gasteiger partial charge in [0, 0.05) is 30.4 Å². The van der Waals surface area contributed by atoms with Crippen molar-refractivity contribution in [3.8, 4) is 0 Å². The van der Waals surface area contributed by atoms with Gasteiger partial charge in [-0.1, -0.05) is 13.0 Å². The Hall–Kier alpha value is -0.970. The van der Waals surface area contributed by atoms with E-state index < -0.39 is 5.54 Å². The average Bonchev–Trinajstić information content (AvgIpc) is 2.46. The fourth-order valence-corrected chi connectivity index (χ4v) is 2.03. The molecule has 0 aliphatic carbocycles. The highest BCUT2D eigenvalue weighted by Gasteiger charge is 2.20. The van der Waals surface area contributed by atoms with Gasteiger partial charge in [-0.3, -0.25) is 4.98 Å². The summed E-state index contributed by atoms with van der Waals surface area (Å²) < 4.78 is 0. The third-order valence-corrected chi connectivity index (χ3v) is 3.71. The van der Waals surface area contributed by atoms with Crippen molar-refractivity contribution < 1.29 is 5.11 Å². The molecule has 0 saturated heterocycles. The Labute approximate surface area is 116 Å². The summed E-state index contributed by atoms with van der Waals surface area (Å²) in [5.74, 6) is 0. The second kappa shape index (κ2) is 8.25. The van der Waals surface area contributed by atoms with E-state index in [1.54, 1.807) is 0 Å². The van der Waals surface area contributed by atoms with Gasteiger partial charge in [0.1, 0.15) is 0 Å². The number of likely N-dealkylation sites (N-methyl/N-ethyl adjacent to an activating group) is 1. The second-order valence-electron chi connectivity index (χ2n) is 5.35. The topological polar surface area (TPSA) is 62.4 Å². The lowest BCUT2D eigenvalue weighted by Crippen LogP contribution is -2.43. The third-order valence-electron chi connectivity index (χ3n) is 3.71. The maximum Gasteiger partial charge on any atom is 0.0611 e. The van der Waals surface area contributed by atoms with Gasteiger partial charge in [0.15, 0.2) is 0 Å². The summed E-state index contributed by atoms with van der Waals surface area (Å²) in [5.41, 5.74) is 6.80. The maximum atomic E-state index is 9.26. The number of nitrogens with zero attached hydrogens (tertiary/aromatic N) is 2. The molecule has 0 aromatic carbocycles. The molecule has 4 nitrogen and oxygen atoms in total. The van der Waals surface area contributed by atoms with Crippen LogP contribution in [0.1, 0.15) is 31.9 Å². The van der Waals surface area contributed by atoms with Crippen LogP contribution in [0.25, 0.3) is 0 Å². The standard InChI is InChI=1S/C15H27N3O/c1-3-15(16,13-19)9-6-11-18(2)12-8-14-7-4-5-10-17-14/h4-5,7,10,19H,3,6,8-9,11-13,16H2,1-2H3. The van der Waals surface area contributed by atoms with E-state index in [-0.39, 0.29) is 6.61 Å². The molecule has 0 aliphatic rings. The molecule has 0 radical (unpaired) electrons. The minimum atomic E-state index is -0.401. The maximum absolute atomic E-state index is 9.26. The predicted molar refractivity (Wildman–Crippen MR) is 79.0 cm³/mol. The van der Waals surface area contributed by atoms with Crippen molar-refractivity contribution in [1.82, 2.24) is 9.88 Å². The first kappa shape index (κ1) is 16.1. The van der Waals surface area contributed by atoms with Gasteiger partial charge >= 0.3 is 0 Å². The number of nitrogens with two attached hydrogens (primary N) is 1. The molecule has 0 aliphatic heterocycles. The summed E-state index contributed by atoms with van der Waals surface area (Å²) in [6.07, 6.45) is 5.51. The Balaban J connectivity index is 2.20. The van der Waals surface area contributed by atoms with Crippen molar-refractivity contribution in [1.29, 1.82) is 0 Å². The van der Waals surface area contributed by atoms with Crippen LogP contribution in [-0.2, 0) is 6.42 Å². The molecule has 0 saturated carbocycles. The Morgan fingerprint density at radius 2 is 2.16 bits per heavy atom. The molecule has 1 aromatic rings. The second-order valence-corrected chi connectivity index (χ2v) is 5.35. The highest BCUT2D eigenvalue weighted by atomic mass is 16.3. The van der Waals surface area contributed by atoms with E-state index >= 15 is 0 Å². The molecule has 108 valence electrons. The van der Waals surface area contributed by atoms with E-state index in [4.69, 9.17) is 5.73 Å². The van der Waals surface area contributed by atoms with Gasteiger partial charge in [0.25, 0.3) is 0 Å². The zero-order valence-corrected chi connectivity index (χ0v) is 12.2. The van der Waals surface area contributed by atoms with Crippen LogP contribution in [0.4, 0.5) is 0 Å². The number of aliphatic hydroxyl groups is 1. The highest BCUT2D eigenvalue weighted by Crippen LogP contribution is 2.13. The molecule has 1 atom stereocenters. The summed E-state index contributed by atoms with van der Waals surface area (Å²) in [6.45, 7) is 4.10. The van der Waals surface area contributed by atoms with Crippen LogP contribution in [-0.4, -0.2) is 47.3 Å².